The van der Waals surface area contributed by atoms with E-state index in [0.29, 0.717) is 64.3 Å². The topological polar surface area (TPSA) is 73.8 Å². The second-order valence-corrected chi connectivity index (χ2v) is 11.3. The molecule has 3 saturated heterocycles. The Morgan fingerprint density at radius 2 is 1.72 bits per heavy atom. The van der Waals surface area contributed by atoms with E-state index in [1.807, 2.05) is 9.80 Å². The predicted octanol–water partition coefficient (Wildman–Crippen LogP) is 2.30. The minimum absolute atomic E-state index is 0.0466. The van der Waals surface area contributed by atoms with E-state index in [9.17, 15) is 26.4 Å². The van der Waals surface area contributed by atoms with Crippen molar-refractivity contribution < 1.29 is 26.4 Å². The lowest BCUT2D eigenvalue weighted by atomic mass is 9.95. The standard InChI is InChI=1S/C20H26ClF3N4O3S/c21-17-11-15(20(22,23)24)12-25-18(17)27-4-1-14(2-5-27)19(29)28-8-6-26(7-9-28)16-3-10-32(30,31)13-16/h11-12,14,16H,1-10,13H2. The zero-order chi connectivity index (χ0) is 23.1. The molecule has 12 heteroatoms. The summed E-state index contributed by atoms with van der Waals surface area (Å²) >= 11 is 6.05. The van der Waals surface area contributed by atoms with Gasteiger partial charge in [0.05, 0.1) is 22.1 Å². The van der Waals surface area contributed by atoms with Crippen molar-refractivity contribution in [1.82, 2.24) is 14.8 Å². The summed E-state index contributed by atoms with van der Waals surface area (Å²) in [5.41, 5.74) is -0.884. The maximum atomic E-state index is 13.0. The number of hydrogen-bond donors (Lipinski definition) is 0. The van der Waals surface area contributed by atoms with E-state index < -0.39 is 21.6 Å². The fourth-order valence-electron chi connectivity index (χ4n) is 4.79. The molecule has 1 unspecified atom stereocenters. The molecule has 0 bridgehead atoms. The van der Waals surface area contributed by atoms with Gasteiger partial charge in [-0.25, -0.2) is 13.4 Å². The van der Waals surface area contributed by atoms with Gasteiger partial charge in [-0.05, 0) is 25.3 Å². The molecule has 0 saturated carbocycles. The first-order chi connectivity index (χ1) is 15.0. The van der Waals surface area contributed by atoms with E-state index in [0.717, 1.165) is 12.3 Å². The largest absolute Gasteiger partial charge is 0.417 e. The summed E-state index contributed by atoms with van der Waals surface area (Å²) in [6, 6.07) is 0.942. The van der Waals surface area contributed by atoms with E-state index in [1.165, 1.54) is 0 Å². The van der Waals surface area contributed by atoms with Crippen molar-refractivity contribution in [3.05, 3.63) is 22.8 Å². The molecule has 178 valence electrons. The number of hydrogen-bond acceptors (Lipinski definition) is 6. The zero-order valence-electron chi connectivity index (χ0n) is 17.5. The van der Waals surface area contributed by atoms with E-state index in [4.69, 9.17) is 11.6 Å². The molecule has 1 atom stereocenters. The minimum Gasteiger partial charge on any atom is -0.355 e. The Morgan fingerprint density at radius 1 is 1.06 bits per heavy atom. The Kier molecular flexibility index (Phi) is 6.61. The third kappa shape index (κ3) is 5.14. The van der Waals surface area contributed by atoms with Gasteiger partial charge in [0.1, 0.15) is 5.82 Å². The average molecular weight is 495 g/mol. The molecule has 4 heterocycles. The second kappa shape index (κ2) is 8.98. The number of piperidine rings is 1. The number of piperazine rings is 1. The van der Waals surface area contributed by atoms with Crippen LogP contribution in [-0.2, 0) is 20.8 Å². The fraction of sp³-hybridized carbons (Fsp3) is 0.700. The number of rotatable bonds is 3. The summed E-state index contributed by atoms with van der Waals surface area (Å²) in [7, 11) is -2.93. The Bertz CT molecular complexity index is 959. The molecule has 0 radical (unpaired) electrons. The van der Waals surface area contributed by atoms with Crippen LogP contribution in [-0.4, -0.2) is 85.9 Å². The number of nitrogens with zero attached hydrogens (tertiary/aromatic N) is 4. The van der Waals surface area contributed by atoms with Crippen LogP contribution in [0.1, 0.15) is 24.8 Å². The highest BCUT2D eigenvalue weighted by Crippen LogP contribution is 2.35. The van der Waals surface area contributed by atoms with Gasteiger partial charge < -0.3 is 9.80 Å². The average Bonchev–Trinajstić information content (AvgIpc) is 3.12. The molecule has 0 N–H and O–H groups in total. The van der Waals surface area contributed by atoms with Gasteiger partial charge in [-0.1, -0.05) is 11.6 Å². The quantitative estimate of drug-likeness (QED) is 0.642. The van der Waals surface area contributed by atoms with Crippen molar-refractivity contribution in [2.75, 3.05) is 55.7 Å². The molecule has 1 aromatic heterocycles. The Hall–Kier alpha value is -1.59. The van der Waals surface area contributed by atoms with Crippen LogP contribution in [0.5, 0.6) is 0 Å². The number of alkyl halides is 3. The summed E-state index contributed by atoms with van der Waals surface area (Å²) < 4.78 is 61.9. The highest BCUT2D eigenvalue weighted by molar-refractivity contribution is 7.91. The molecule has 0 aromatic carbocycles. The van der Waals surface area contributed by atoms with Gasteiger partial charge >= 0.3 is 6.18 Å². The van der Waals surface area contributed by atoms with Crippen molar-refractivity contribution in [2.24, 2.45) is 5.92 Å². The van der Waals surface area contributed by atoms with Crippen LogP contribution in [0.2, 0.25) is 5.02 Å². The minimum atomic E-state index is -4.50. The lowest BCUT2D eigenvalue weighted by Gasteiger charge is -2.40. The summed E-state index contributed by atoms with van der Waals surface area (Å²) in [5, 5.41) is -0.0466. The Balaban J connectivity index is 1.28. The Morgan fingerprint density at radius 3 is 2.25 bits per heavy atom. The SMILES string of the molecule is O=C(C1CCN(c2ncc(C(F)(F)F)cc2Cl)CC1)N1CCN(C2CCS(=O)(=O)C2)CC1. The van der Waals surface area contributed by atoms with Crippen molar-refractivity contribution in [2.45, 2.75) is 31.5 Å². The van der Waals surface area contributed by atoms with Crippen LogP contribution in [0.25, 0.3) is 0 Å². The van der Waals surface area contributed by atoms with Crippen molar-refractivity contribution in [3.8, 4) is 0 Å². The van der Waals surface area contributed by atoms with Crippen LogP contribution in [0.15, 0.2) is 12.3 Å². The molecule has 7 nitrogen and oxygen atoms in total. The van der Waals surface area contributed by atoms with E-state index in [-0.39, 0.29) is 34.4 Å². The molecule has 3 aliphatic heterocycles. The third-order valence-electron chi connectivity index (χ3n) is 6.64. The summed E-state index contributed by atoms with van der Waals surface area (Å²) in [4.78, 5) is 22.7. The zero-order valence-corrected chi connectivity index (χ0v) is 19.1. The lowest BCUT2D eigenvalue weighted by Crippen LogP contribution is -2.54. The first kappa shape index (κ1) is 23.6. The third-order valence-corrected chi connectivity index (χ3v) is 8.67. The van der Waals surface area contributed by atoms with Gasteiger partial charge in [0.25, 0.3) is 0 Å². The van der Waals surface area contributed by atoms with Crippen LogP contribution in [0.4, 0.5) is 19.0 Å². The van der Waals surface area contributed by atoms with Gasteiger partial charge in [-0.3, -0.25) is 9.69 Å². The molecule has 1 amide bonds. The van der Waals surface area contributed by atoms with Gasteiger partial charge in [-0.15, -0.1) is 0 Å². The maximum Gasteiger partial charge on any atom is 0.417 e. The number of sulfone groups is 1. The summed E-state index contributed by atoms with van der Waals surface area (Å²) in [5.74, 6) is 0.714. The van der Waals surface area contributed by atoms with Crippen LogP contribution >= 0.6 is 11.6 Å². The van der Waals surface area contributed by atoms with E-state index >= 15 is 0 Å². The Labute approximate surface area is 190 Å². The molecule has 0 aliphatic carbocycles. The normalized spacial score (nSPS) is 25.3. The second-order valence-electron chi connectivity index (χ2n) is 8.71. The number of carbonyl (C=O) groups is 1. The highest BCUT2D eigenvalue weighted by atomic mass is 35.5. The number of anilines is 1. The fourth-order valence-corrected chi connectivity index (χ4v) is 6.83. The van der Waals surface area contributed by atoms with Crippen LogP contribution < -0.4 is 4.90 Å². The highest BCUT2D eigenvalue weighted by Gasteiger charge is 2.37. The van der Waals surface area contributed by atoms with Gasteiger partial charge in [0, 0.05) is 57.4 Å². The molecule has 32 heavy (non-hydrogen) atoms. The molecular weight excluding hydrogens is 469 g/mol. The molecule has 3 aliphatic rings. The molecule has 0 spiro atoms. The number of carbonyl (C=O) groups excluding carboxylic acids is 1. The maximum absolute atomic E-state index is 13.0. The van der Waals surface area contributed by atoms with Gasteiger partial charge in [-0.2, -0.15) is 13.2 Å². The lowest BCUT2D eigenvalue weighted by molar-refractivity contribution is -0.138. The molecular formula is C20H26ClF3N4O3S. The molecule has 3 fully saturated rings. The summed E-state index contributed by atoms with van der Waals surface area (Å²) in [6.07, 6.45) is -1.88. The molecule has 1 aromatic rings. The van der Waals surface area contributed by atoms with Crippen molar-refractivity contribution >= 4 is 33.2 Å². The number of halogens is 4. The number of pyridine rings is 1. The van der Waals surface area contributed by atoms with Crippen LogP contribution in [0.3, 0.4) is 0 Å². The first-order valence-corrected chi connectivity index (χ1v) is 12.9. The molecule has 4 rings (SSSR count). The summed E-state index contributed by atoms with van der Waals surface area (Å²) in [6.45, 7) is 3.51. The monoisotopic (exact) mass is 494 g/mol. The number of aromatic nitrogens is 1. The van der Waals surface area contributed by atoms with E-state index in [2.05, 4.69) is 9.88 Å². The van der Waals surface area contributed by atoms with Crippen LogP contribution in [0, 0.1) is 5.92 Å². The number of amides is 1. The first-order valence-electron chi connectivity index (χ1n) is 10.7. The van der Waals surface area contributed by atoms with E-state index in [1.54, 1.807) is 0 Å². The van der Waals surface area contributed by atoms with Gasteiger partial charge in [0.15, 0.2) is 9.84 Å². The van der Waals surface area contributed by atoms with Crippen molar-refractivity contribution in [3.63, 3.8) is 0 Å². The van der Waals surface area contributed by atoms with Crippen molar-refractivity contribution in [1.29, 1.82) is 0 Å². The smallest absolute Gasteiger partial charge is 0.355 e. The van der Waals surface area contributed by atoms with Gasteiger partial charge in [0.2, 0.25) is 5.91 Å². The predicted molar refractivity (Wildman–Crippen MR) is 114 cm³/mol.